The molecular weight excluding hydrogens is 350 g/mol. The fourth-order valence-corrected chi connectivity index (χ4v) is 4.25. The fraction of sp³-hybridized carbons (Fsp3) is 0.696. The molecule has 3 rings (SSSR count). The van der Waals surface area contributed by atoms with Crippen molar-refractivity contribution in [1.29, 1.82) is 0 Å². The predicted molar refractivity (Wildman–Crippen MR) is 114 cm³/mol. The van der Waals surface area contributed by atoms with Gasteiger partial charge in [-0.3, -0.25) is 4.99 Å². The molecule has 1 aromatic carbocycles. The topological polar surface area (TPSA) is 54.9 Å². The van der Waals surface area contributed by atoms with Crippen LogP contribution in [-0.2, 0) is 22.6 Å². The molecule has 0 radical (unpaired) electrons. The van der Waals surface area contributed by atoms with E-state index in [1.165, 1.54) is 43.2 Å². The lowest BCUT2D eigenvalue weighted by Crippen LogP contribution is -2.45. The molecule has 5 heteroatoms. The zero-order chi connectivity index (χ0) is 19.6. The van der Waals surface area contributed by atoms with Crippen molar-refractivity contribution < 1.29 is 9.47 Å². The van der Waals surface area contributed by atoms with Gasteiger partial charge in [-0.1, -0.05) is 50.5 Å². The van der Waals surface area contributed by atoms with Crippen LogP contribution in [0.3, 0.4) is 0 Å². The maximum atomic E-state index is 6.06. The van der Waals surface area contributed by atoms with E-state index in [1.807, 2.05) is 7.05 Å². The molecule has 0 amide bonds. The van der Waals surface area contributed by atoms with Crippen molar-refractivity contribution in [2.24, 2.45) is 10.9 Å². The quantitative estimate of drug-likeness (QED) is 0.548. The SMILES string of the molecule is CCC1CCCC(NC(=NC)NCc2cccc(COC3CCOCC3)c2)C1. The molecule has 1 saturated heterocycles. The summed E-state index contributed by atoms with van der Waals surface area (Å²) in [7, 11) is 1.85. The van der Waals surface area contributed by atoms with Crippen LogP contribution >= 0.6 is 0 Å². The summed E-state index contributed by atoms with van der Waals surface area (Å²) in [6.45, 7) is 5.39. The average molecular weight is 388 g/mol. The normalized spacial score (nSPS) is 24.1. The van der Waals surface area contributed by atoms with E-state index in [1.54, 1.807) is 0 Å². The van der Waals surface area contributed by atoms with Crippen molar-refractivity contribution in [2.75, 3.05) is 20.3 Å². The van der Waals surface area contributed by atoms with Crippen molar-refractivity contribution in [3.63, 3.8) is 0 Å². The Morgan fingerprint density at radius 2 is 2.00 bits per heavy atom. The molecule has 2 aliphatic rings. The van der Waals surface area contributed by atoms with Crippen LogP contribution in [0.5, 0.6) is 0 Å². The van der Waals surface area contributed by atoms with Gasteiger partial charge in [-0.2, -0.15) is 0 Å². The van der Waals surface area contributed by atoms with Crippen molar-refractivity contribution in [3.05, 3.63) is 35.4 Å². The summed E-state index contributed by atoms with van der Waals surface area (Å²) < 4.78 is 11.5. The van der Waals surface area contributed by atoms with E-state index < -0.39 is 0 Å². The van der Waals surface area contributed by atoms with Crippen molar-refractivity contribution in [2.45, 2.75) is 77.2 Å². The number of nitrogens with zero attached hydrogens (tertiary/aromatic N) is 1. The minimum atomic E-state index is 0.334. The molecule has 156 valence electrons. The number of guanidine groups is 1. The van der Waals surface area contributed by atoms with Gasteiger partial charge in [-0.25, -0.2) is 0 Å². The summed E-state index contributed by atoms with van der Waals surface area (Å²) in [5, 5.41) is 7.11. The molecule has 1 aliphatic heterocycles. The summed E-state index contributed by atoms with van der Waals surface area (Å²) in [6.07, 6.45) is 8.83. The Labute approximate surface area is 170 Å². The lowest BCUT2D eigenvalue weighted by Gasteiger charge is -2.30. The first-order valence-electron chi connectivity index (χ1n) is 11.0. The summed E-state index contributed by atoms with van der Waals surface area (Å²) in [4.78, 5) is 4.43. The standard InChI is InChI=1S/C23H37N3O2/c1-3-18-6-5-9-21(15-18)26-23(24-2)25-16-19-7-4-8-20(14-19)17-28-22-10-12-27-13-11-22/h4,7-8,14,18,21-22H,3,5-6,9-13,15-17H2,1-2H3,(H2,24,25,26). The van der Waals surface area contributed by atoms with Gasteiger partial charge in [0.25, 0.3) is 0 Å². The minimum Gasteiger partial charge on any atom is -0.381 e. The highest BCUT2D eigenvalue weighted by Crippen LogP contribution is 2.26. The number of hydrogen-bond acceptors (Lipinski definition) is 3. The number of nitrogens with one attached hydrogen (secondary N) is 2. The highest BCUT2D eigenvalue weighted by Gasteiger charge is 2.21. The van der Waals surface area contributed by atoms with Crippen molar-refractivity contribution in [1.82, 2.24) is 10.6 Å². The first-order valence-corrected chi connectivity index (χ1v) is 11.0. The fourth-order valence-electron chi connectivity index (χ4n) is 4.25. The maximum Gasteiger partial charge on any atom is 0.191 e. The zero-order valence-corrected chi connectivity index (χ0v) is 17.6. The zero-order valence-electron chi connectivity index (χ0n) is 17.6. The Morgan fingerprint density at radius 3 is 2.79 bits per heavy atom. The molecule has 2 atom stereocenters. The molecule has 2 fully saturated rings. The molecule has 2 N–H and O–H groups in total. The van der Waals surface area contributed by atoms with Gasteiger partial charge in [0, 0.05) is 32.8 Å². The van der Waals surface area contributed by atoms with Crippen molar-refractivity contribution in [3.8, 4) is 0 Å². The van der Waals surface area contributed by atoms with E-state index in [2.05, 4.69) is 46.8 Å². The second kappa shape index (κ2) is 11.4. The van der Waals surface area contributed by atoms with Gasteiger partial charge in [0.05, 0.1) is 12.7 Å². The molecule has 1 aromatic rings. The summed E-state index contributed by atoms with van der Waals surface area (Å²) in [5.74, 6) is 1.77. The molecule has 1 aliphatic carbocycles. The Kier molecular flexibility index (Phi) is 8.62. The highest BCUT2D eigenvalue weighted by atomic mass is 16.5. The molecule has 2 unspecified atom stereocenters. The molecule has 1 heterocycles. The van der Waals surface area contributed by atoms with Crippen LogP contribution in [0.2, 0.25) is 0 Å². The third-order valence-electron chi connectivity index (χ3n) is 6.03. The molecule has 28 heavy (non-hydrogen) atoms. The minimum absolute atomic E-state index is 0.334. The van der Waals surface area contributed by atoms with Crippen molar-refractivity contribution >= 4 is 5.96 Å². The van der Waals surface area contributed by atoms with Gasteiger partial charge < -0.3 is 20.1 Å². The van der Waals surface area contributed by atoms with Crippen LogP contribution in [0.1, 0.15) is 63.0 Å². The Balaban J connectivity index is 1.45. The van der Waals surface area contributed by atoms with Gasteiger partial charge in [-0.15, -0.1) is 0 Å². The summed E-state index contributed by atoms with van der Waals surface area (Å²) in [6, 6.07) is 9.19. The lowest BCUT2D eigenvalue weighted by molar-refractivity contribution is -0.0390. The molecule has 5 nitrogen and oxygen atoms in total. The van der Waals surface area contributed by atoms with Crippen LogP contribution in [-0.4, -0.2) is 38.4 Å². The van der Waals surface area contributed by atoms with E-state index in [0.717, 1.165) is 44.5 Å². The number of rotatable bonds is 7. The highest BCUT2D eigenvalue weighted by molar-refractivity contribution is 5.79. The van der Waals surface area contributed by atoms with Crippen LogP contribution in [0, 0.1) is 5.92 Å². The van der Waals surface area contributed by atoms with Crippen LogP contribution in [0.15, 0.2) is 29.3 Å². The molecule has 0 bridgehead atoms. The number of benzene rings is 1. The number of hydrogen-bond donors (Lipinski definition) is 2. The van der Waals surface area contributed by atoms with E-state index in [0.29, 0.717) is 18.8 Å². The Morgan fingerprint density at radius 1 is 1.18 bits per heavy atom. The lowest BCUT2D eigenvalue weighted by atomic mass is 9.84. The first-order chi connectivity index (χ1) is 13.8. The average Bonchev–Trinajstić information content (AvgIpc) is 2.76. The summed E-state index contributed by atoms with van der Waals surface area (Å²) >= 11 is 0. The van der Waals surface area contributed by atoms with Gasteiger partial charge in [-0.05, 0) is 42.7 Å². The molecular formula is C23H37N3O2. The van der Waals surface area contributed by atoms with Gasteiger partial charge in [0.2, 0.25) is 0 Å². The number of aliphatic imine (C=N–C) groups is 1. The molecule has 1 saturated carbocycles. The van der Waals surface area contributed by atoms with E-state index >= 15 is 0 Å². The second-order valence-electron chi connectivity index (χ2n) is 8.15. The van der Waals surface area contributed by atoms with Crippen LogP contribution in [0.4, 0.5) is 0 Å². The molecule has 0 aromatic heterocycles. The Hall–Kier alpha value is -1.59. The van der Waals surface area contributed by atoms with E-state index in [9.17, 15) is 0 Å². The third kappa shape index (κ3) is 6.78. The first kappa shape index (κ1) is 21.1. The Bertz CT molecular complexity index is 614. The van der Waals surface area contributed by atoms with Gasteiger partial charge in [0.15, 0.2) is 5.96 Å². The summed E-state index contributed by atoms with van der Waals surface area (Å²) in [5.41, 5.74) is 2.48. The van der Waals surface area contributed by atoms with Crippen LogP contribution in [0.25, 0.3) is 0 Å². The van der Waals surface area contributed by atoms with Gasteiger partial charge in [0.1, 0.15) is 0 Å². The predicted octanol–water partition coefficient (Wildman–Crippen LogP) is 4.02. The smallest absolute Gasteiger partial charge is 0.191 e. The third-order valence-corrected chi connectivity index (χ3v) is 6.03. The molecule has 0 spiro atoms. The largest absolute Gasteiger partial charge is 0.381 e. The van der Waals surface area contributed by atoms with E-state index in [4.69, 9.17) is 9.47 Å². The van der Waals surface area contributed by atoms with Gasteiger partial charge >= 0.3 is 0 Å². The van der Waals surface area contributed by atoms with E-state index in [-0.39, 0.29) is 0 Å². The maximum absolute atomic E-state index is 6.06. The monoisotopic (exact) mass is 387 g/mol. The van der Waals surface area contributed by atoms with Crippen LogP contribution < -0.4 is 10.6 Å². The number of ether oxygens (including phenoxy) is 2. The second-order valence-corrected chi connectivity index (χ2v) is 8.15.